The molecule has 4 aromatic rings. The lowest BCUT2D eigenvalue weighted by Crippen LogP contribution is -2.16. The third-order valence-corrected chi connectivity index (χ3v) is 6.27. The maximum absolute atomic E-state index is 13.3. The fourth-order valence-corrected chi connectivity index (χ4v) is 4.54. The van der Waals surface area contributed by atoms with Gasteiger partial charge in [0.1, 0.15) is 12.4 Å². The number of aromatic amines is 1. The highest BCUT2D eigenvalue weighted by atomic mass is 79.9. The van der Waals surface area contributed by atoms with E-state index in [1.165, 1.54) is 23.1 Å². The zero-order valence-corrected chi connectivity index (χ0v) is 20.6. The van der Waals surface area contributed by atoms with Crippen molar-refractivity contribution in [3.63, 3.8) is 0 Å². The summed E-state index contributed by atoms with van der Waals surface area (Å²) >= 11 is 9.74. The zero-order chi connectivity index (χ0) is 23.2. The van der Waals surface area contributed by atoms with Gasteiger partial charge in [0, 0.05) is 29.2 Å². The first kappa shape index (κ1) is 23.6. The molecule has 0 radical (unpaired) electrons. The number of para-hydroxylation sites is 1. The van der Waals surface area contributed by atoms with Crippen molar-refractivity contribution in [1.29, 1.82) is 0 Å². The number of ether oxygens (including phenoxy) is 2. The highest BCUT2D eigenvalue weighted by Crippen LogP contribution is 2.38. The van der Waals surface area contributed by atoms with Crippen molar-refractivity contribution in [3.8, 4) is 11.5 Å². The molecule has 0 spiro atoms. The van der Waals surface area contributed by atoms with Crippen molar-refractivity contribution in [1.82, 2.24) is 10.3 Å². The van der Waals surface area contributed by atoms with Crippen LogP contribution in [-0.4, -0.2) is 18.1 Å². The van der Waals surface area contributed by atoms with Crippen LogP contribution < -0.4 is 14.8 Å². The van der Waals surface area contributed by atoms with Gasteiger partial charge in [0.05, 0.1) is 16.1 Å². The molecule has 1 heterocycles. The Bertz CT molecular complexity index is 1240. The summed E-state index contributed by atoms with van der Waals surface area (Å²) in [5.41, 5.74) is 4.25. The van der Waals surface area contributed by atoms with Crippen LogP contribution in [0.15, 0.2) is 65.3 Å². The van der Waals surface area contributed by atoms with E-state index >= 15 is 0 Å². The summed E-state index contributed by atoms with van der Waals surface area (Å²) in [6.45, 7) is 4.20. The van der Waals surface area contributed by atoms with E-state index in [-0.39, 0.29) is 12.4 Å². The molecular formula is C26H25BrClFN2O2. The fourth-order valence-electron chi connectivity index (χ4n) is 3.71. The Morgan fingerprint density at radius 2 is 1.91 bits per heavy atom. The molecule has 0 aliphatic carbocycles. The smallest absolute Gasteiger partial charge is 0.175 e. The first-order chi connectivity index (χ1) is 16.0. The van der Waals surface area contributed by atoms with Gasteiger partial charge < -0.3 is 19.8 Å². The molecule has 0 aliphatic rings. The number of H-pyrrole nitrogens is 1. The maximum Gasteiger partial charge on any atom is 0.175 e. The van der Waals surface area contributed by atoms with Gasteiger partial charge in [0.25, 0.3) is 0 Å². The summed E-state index contributed by atoms with van der Waals surface area (Å²) in [6.07, 6.45) is 3.01. The minimum absolute atomic E-state index is 0.208. The first-order valence-corrected chi connectivity index (χ1v) is 12.0. The van der Waals surface area contributed by atoms with Gasteiger partial charge in [-0.05, 0) is 77.3 Å². The summed E-state index contributed by atoms with van der Waals surface area (Å²) in [4.78, 5) is 3.32. The van der Waals surface area contributed by atoms with Gasteiger partial charge in [-0.2, -0.15) is 0 Å². The van der Waals surface area contributed by atoms with E-state index < -0.39 is 0 Å². The second kappa shape index (κ2) is 11.1. The summed E-state index contributed by atoms with van der Waals surface area (Å²) in [6, 6.07) is 16.6. The van der Waals surface area contributed by atoms with Crippen LogP contribution in [0.4, 0.5) is 4.39 Å². The van der Waals surface area contributed by atoms with Gasteiger partial charge in [-0.25, -0.2) is 4.39 Å². The molecule has 3 aromatic carbocycles. The lowest BCUT2D eigenvalue weighted by Gasteiger charge is -2.16. The SMILES string of the molecule is CCOc1cc(CNCCc2c[nH]c3ccccc23)cc(Br)c1OCc1ccc(F)cc1Cl. The Morgan fingerprint density at radius 3 is 2.73 bits per heavy atom. The number of rotatable bonds is 10. The van der Waals surface area contributed by atoms with Gasteiger partial charge in [-0.1, -0.05) is 35.9 Å². The number of nitrogens with one attached hydrogen (secondary N) is 2. The topological polar surface area (TPSA) is 46.3 Å². The third kappa shape index (κ3) is 5.88. The van der Waals surface area contributed by atoms with Gasteiger partial charge in [0.2, 0.25) is 0 Å². The van der Waals surface area contributed by atoms with E-state index in [2.05, 4.69) is 50.6 Å². The summed E-state index contributed by atoms with van der Waals surface area (Å²) in [5, 5.41) is 5.11. The van der Waals surface area contributed by atoms with E-state index in [1.807, 2.05) is 25.1 Å². The van der Waals surface area contributed by atoms with Crippen molar-refractivity contribution in [2.24, 2.45) is 0 Å². The summed E-state index contributed by atoms with van der Waals surface area (Å²) in [7, 11) is 0. The van der Waals surface area contributed by atoms with Crippen molar-refractivity contribution < 1.29 is 13.9 Å². The molecule has 0 fully saturated rings. The van der Waals surface area contributed by atoms with E-state index in [0.29, 0.717) is 35.2 Å². The molecule has 0 atom stereocenters. The van der Waals surface area contributed by atoms with Gasteiger partial charge in [0.15, 0.2) is 11.5 Å². The Balaban J connectivity index is 1.39. The molecule has 4 rings (SSSR count). The van der Waals surface area contributed by atoms with Crippen LogP contribution in [0.5, 0.6) is 11.5 Å². The molecule has 172 valence electrons. The van der Waals surface area contributed by atoms with Crippen LogP contribution >= 0.6 is 27.5 Å². The largest absolute Gasteiger partial charge is 0.490 e. The van der Waals surface area contributed by atoms with E-state index in [9.17, 15) is 4.39 Å². The summed E-state index contributed by atoms with van der Waals surface area (Å²) < 4.78 is 25.9. The van der Waals surface area contributed by atoms with Gasteiger partial charge >= 0.3 is 0 Å². The number of fused-ring (bicyclic) bond motifs is 1. The maximum atomic E-state index is 13.3. The van der Waals surface area contributed by atoms with Gasteiger partial charge in [-0.3, -0.25) is 0 Å². The molecular weight excluding hydrogens is 507 g/mol. The van der Waals surface area contributed by atoms with Crippen molar-refractivity contribution in [3.05, 3.63) is 92.8 Å². The Labute approximate surface area is 206 Å². The van der Waals surface area contributed by atoms with Crippen LogP contribution in [0.3, 0.4) is 0 Å². The molecule has 0 bridgehead atoms. The van der Waals surface area contributed by atoms with Crippen molar-refractivity contribution in [2.45, 2.75) is 26.5 Å². The predicted octanol–water partition coefficient (Wildman–Crippen LogP) is 7.03. The van der Waals surface area contributed by atoms with E-state index in [4.69, 9.17) is 21.1 Å². The highest BCUT2D eigenvalue weighted by Gasteiger charge is 2.14. The molecule has 0 aliphatic heterocycles. The van der Waals surface area contributed by atoms with E-state index in [0.717, 1.165) is 28.5 Å². The monoisotopic (exact) mass is 530 g/mol. The highest BCUT2D eigenvalue weighted by molar-refractivity contribution is 9.10. The Kier molecular flexibility index (Phi) is 7.91. The normalized spacial score (nSPS) is 11.2. The van der Waals surface area contributed by atoms with Crippen LogP contribution in [0.1, 0.15) is 23.6 Å². The number of hydrogen-bond donors (Lipinski definition) is 2. The molecule has 2 N–H and O–H groups in total. The van der Waals surface area contributed by atoms with Crippen molar-refractivity contribution in [2.75, 3.05) is 13.2 Å². The minimum Gasteiger partial charge on any atom is -0.490 e. The first-order valence-electron chi connectivity index (χ1n) is 10.8. The third-order valence-electron chi connectivity index (χ3n) is 5.33. The number of aromatic nitrogens is 1. The van der Waals surface area contributed by atoms with E-state index in [1.54, 1.807) is 6.07 Å². The average molecular weight is 532 g/mol. The standard InChI is InChI=1S/C26H25BrClFN2O2/c1-2-32-25-12-17(14-30-10-9-18-15-31-24-6-4-3-5-21(18)24)11-22(27)26(25)33-16-19-7-8-20(29)13-23(19)28/h3-8,11-13,15,30-31H,2,9-10,14,16H2,1H3. The molecule has 4 nitrogen and oxygen atoms in total. The zero-order valence-electron chi connectivity index (χ0n) is 18.3. The average Bonchev–Trinajstić information content (AvgIpc) is 3.21. The number of halogens is 3. The second-order valence-electron chi connectivity index (χ2n) is 7.65. The van der Waals surface area contributed by atoms with Gasteiger partial charge in [-0.15, -0.1) is 0 Å². The quantitative estimate of drug-likeness (QED) is 0.216. The van der Waals surface area contributed by atoms with Crippen LogP contribution in [-0.2, 0) is 19.6 Å². The summed E-state index contributed by atoms with van der Waals surface area (Å²) in [5.74, 6) is 0.875. The molecule has 1 aromatic heterocycles. The fraction of sp³-hybridized carbons (Fsp3) is 0.231. The Morgan fingerprint density at radius 1 is 1.06 bits per heavy atom. The molecule has 0 amide bonds. The molecule has 0 saturated carbocycles. The predicted molar refractivity (Wildman–Crippen MR) is 135 cm³/mol. The number of hydrogen-bond acceptors (Lipinski definition) is 3. The molecule has 0 unspecified atom stereocenters. The van der Waals surface area contributed by atoms with Crippen LogP contribution in [0.2, 0.25) is 5.02 Å². The Hall–Kier alpha value is -2.54. The van der Waals surface area contributed by atoms with Crippen molar-refractivity contribution >= 4 is 38.4 Å². The van der Waals surface area contributed by atoms with Crippen LogP contribution in [0.25, 0.3) is 10.9 Å². The lowest BCUT2D eigenvalue weighted by atomic mass is 10.1. The second-order valence-corrected chi connectivity index (χ2v) is 8.91. The lowest BCUT2D eigenvalue weighted by molar-refractivity contribution is 0.267. The molecule has 7 heteroatoms. The molecule has 33 heavy (non-hydrogen) atoms. The number of benzene rings is 3. The minimum atomic E-state index is -0.374. The molecule has 0 saturated heterocycles. The van der Waals surface area contributed by atoms with Crippen LogP contribution in [0, 0.1) is 5.82 Å².